The second kappa shape index (κ2) is 8.63. The van der Waals surface area contributed by atoms with Crippen LogP contribution in [0.4, 0.5) is 4.39 Å². The Bertz CT molecular complexity index is 888. The normalized spacial score (nSPS) is 15.9. The van der Waals surface area contributed by atoms with E-state index in [0.29, 0.717) is 13.1 Å². The highest BCUT2D eigenvalue weighted by Crippen LogP contribution is 2.21. The van der Waals surface area contributed by atoms with E-state index in [-0.39, 0.29) is 22.6 Å². The molecule has 0 bridgehead atoms. The number of ether oxygens (including phenoxy) is 1. The van der Waals surface area contributed by atoms with Crippen LogP contribution in [0.5, 0.6) is 0 Å². The van der Waals surface area contributed by atoms with Crippen molar-refractivity contribution in [1.29, 1.82) is 0 Å². The Morgan fingerprint density at radius 2 is 1.59 bits per heavy atom. The van der Waals surface area contributed by atoms with E-state index < -0.39 is 21.8 Å². The summed E-state index contributed by atoms with van der Waals surface area (Å²) in [5, 5.41) is 0. The zero-order valence-electron chi connectivity index (χ0n) is 14.9. The molecule has 1 aliphatic heterocycles. The number of carbonyl (C=O) groups excluding carboxylic acids is 1. The number of nitrogens with zero attached hydrogens (tertiary/aromatic N) is 1. The molecule has 1 heterocycles. The number of hydrogen-bond donors (Lipinski definition) is 0. The summed E-state index contributed by atoms with van der Waals surface area (Å²) in [5.74, 6) is -1.07. The van der Waals surface area contributed by atoms with E-state index in [1.807, 2.05) is 0 Å². The first-order valence-electron chi connectivity index (χ1n) is 8.99. The lowest BCUT2D eigenvalue weighted by Gasteiger charge is -2.20. The lowest BCUT2D eigenvalue weighted by Crippen LogP contribution is -2.31. The van der Waals surface area contributed by atoms with Gasteiger partial charge in [-0.25, -0.2) is 17.6 Å². The summed E-state index contributed by atoms with van der Waals surface area (Å²) < 4.78 is 45.7. The molecule has 5 nitrogen and oxygen atoms in total. The molecule has 1 saturated heterocycles. The van der Waals surface area contributed by atoms with Crippen molar-refractivity contribution in [3.05, 3.63) is 65.5 Å². The minimum absolute atomic E-state index is 0.162. The smallest absolute Gasteiger partial charge is 0.338 e. The summed E-state index contributed by atoms with van der Waals surface area (Å²) >= 11 is 0. The molecule has 1 aliphatic rings. The van der Waals surface area contributed by atoms with Gasteiger partial charge in [0.1, 0.15) is 12.4 Å². The van der Waals surface area contributed by atoms with Crippen LogP contribution < -0.4 is 0 Å². The molecule has 0 spiro atoms. The van der Waals surface area contributed by atoms with Crippen molar-refractivity contribution in [2.75, 3.05) is 13.1 Å². The number of sulfonamides is 1. The second-order valence-electron chi connectivity index (χ2n) is 6.51. The van der Waals surface area contributed by atoms with E-state index in [2.05, 4.69) is 0 Å². The predicted octanol–water partition coefficient (Wildman–Crippen LogP) is 3.75. The molecule has 2 aromatic carbocycles. The maximum Gasteiger partial charge on any atom is 0.338 e. The molecule has 0 atom stereocenters. The summed E-state index contributed by atoms with van der Waals surface area (Å²) in [6.45, 7) is 0.864. The lowest BCUT2D eigenvalue weighted by atomic mass is 10.2. The van der Waals surface area contributed by atoms with Crippen LogP contribution in [-0.4, -0.2) is 31.8 Å². The van der Waals surface area contributed by atoms with Crippen LogP contribution in [0.2, 0.25) is 0 Å². The number of hydrogen-bond acceptors (Lipinski definition) is 4. The Hall–Kier alpha value is -2.25. The van der Waals surface area contributed by atoms with Gasteiger partial charge >= 0.3 is 5.97 Å². The molecular weight excluding hydrogens is 369 g/mol. The van der Waals surface area contributed by atoms with Crippen molar-refractivity contribution in [2.45, 2.75) is 37.2 Å². The Balaban J connectivity index is 1.67. The molecule has 0 N–H and O–H groups in total. The quantitative estimate of drug-likeness (QED) is 0.729. The fourth-order valence-corrected chi connectivity index (χ4v) is 4.55. The predicted molar refractivity (Wildman–Crippen MR) is 99.2 cm³/mol. The molecule has 1 fully saturated rings. The van der Waals surface area contributed by atoms with Gasteiger partial charge in [-0.1, -0.05) is 31.0 Å². The second-order valence-corrected chi connectivity index (χ2v) is 8.45. The highest BCUT2D eigenvalue weighted by atomic mass is 32.2. The van der Waals surface area contributed by atoms with Gasteiger partial charge in [0.2, 0.25) is 10.0 Å². The van der Waals surface area contributed by atoms with E-state index in [9.17, 15) is 17.6 Å². The number of carbonyl (C=O) groups is 1. The van der Waals surface area contributed by atoms with Gasteiger partial charge in [-0.2, -0.15) is 4.31 Å². The van der Waals surface area contributed by atoms with Crippen LogP contribution in [0.15, 0.2) is 53.4 Å². The van der Waals surface area contributed by atoms with Crippen LogP contribution in [0.25, 0.3) is 0 Å². The summed E-state index contributed by atoms with van der Waals surface area (Å²) in [4.78, 5) is 12.3. The van der Waals surface area contributed by atoms with Gasteiger partial charge in [0.15, 0.2) is 0 Å². The van der Waals surface area contributed by atoms with Crippen LogP contribution in [-0.2, 0) is 21.4 Å². The van der Waals surface area contributed by atoms with E-state index >= 15 is 0 Å². The molecule has 2 aromatic rings. The van der Waals surface area contributed by atoms with Crippen molar-refractivity contribution in [1.82, 2.24) is 4.31 Å². The average molecular weight is 391 g/mol. The summed E-state index contributed by atoms with van der Waals surface area (Å²) in [6.07, 6.45) is 3.80. The summed E-state index contributed by atoms with van der Waals surface area (Å²) in [5.41, 5.74) is 0.507. The Labute approximate surface area is 158 Å². The standard InChI is InChI=1S/C20H22FNO4S/c21-19-8-4-3-7-17(19)15-26-20(23)16-9-11-18(12-10-16)27(24,25)22-13-5-1-2-6-14-22/h3-4,7-12H,1-2,5-6,13-15H2. The fraction of sp³-hybridized carbons (Fsp3) is 0.350. The van der Waals surface area contributed by atoms with Crippen molar-refractivity contribution in [2.24, 2.45) is 0 Å². The summed E-state index contributed by atoms with van der Waals surface area (Å²) in [6, 6.07) is 11.7. The van der Waals surface area contributed by atoms with E-state index in [0.717, 1.165) is 25.7 Å². The molecule has 0 unspecified atom stereocenters. The van der Waals surface area contributed by atoms with Crippen molar-refractivity contribution < 1.29 is 22.3 Å². The number of benzene rings is 2. The minimum atomic E-state index is -3.56. The van der Waals surface area contributed by atoms with Gasteiger partial charge in [0, 0.05) is 18.7 Å². The van der Waals surface area contributed by atoms with Gasteiger partial charge in [-0.3, -0.25) is 0 Å². The Morgan fingerprint density at radius 3 is 2.22 bits per heavy atom. The van der Waals surface area contributed by atoms with E-state index in [1.165, 1.54) is 34.6 Å². The molecule has 27 heavy (non-hydrogen) atoms. The molecule has 0 aliphatic carbocycles. The first-order chi connectivity index (χ1) is 13.0. The molecular formula is C20H22FNO4S. The number of halogens is 1. The zero-order valence-corrected chi connectivity index (χ0v) is 15.8. The van der Waals surface area contributed by atoms with Gasteiger partial charge < -0.3 is 4.74 Å². The number of rotatable bonds is 5. The fourth-order valence-electron chi connectivity index (χ4n) is 3.04. The molecule has 7 heteroatoms. The molecule has 0 amide bonds. The molecule has 0 radical (unpaired) electrons. The molecule has 0 saturated carbocycles. The third-order valence-electron chi connectivity index (χ3n) is 4.61. The number of esters is 1. The Morgan fingerprint density at radius 1 is 0.963 bits per heavy atom. The zero-order chi connectivity index (χ0) is 19.3. The monoisotopic (exact) mass is 391 g/mol. The van der Waals surface area contributed by atoms with Gasteiger partial charge in [-0.05, 0) is 43.2 Å². The van der Waals surface area contributed by atoms with Crippen molar-refractivity contribution >= 4 is 16.0 Å². The van der Waals surface area contributed by atoms with E-state index in [1.54, 1.807) is 18.2 Å². The maximum absolute atomic E-state index is 13.6. The topological polar surface area (TPSA) is 63.7 Å². The SMILES string of the molecule is O=C(OCc1ccccc1F)c1ccc(S(=O)(=O)N2CCCCCC2)cc1. The van der Waals surface area contributed by atoms with Gasteiger partial charge in [-0.15, -0.1) is 0 Å². The summed E-state index contributed by atoms with van der Waals surface area (Å²) in [7, 11) is -3.56. The highest BCUT2D eigenvalue weighted by molar-refractivity contribution is 7.89. The van der Waals surface area contributed by atoms with Crippen LogP contribution in [0.1, 0.15) is 41.6 Å². The third kappa shape index (κ3) is 4.73. The van der Waals surface area contributed by atoms with Crippen molar-refractivity contribution in [3.8, 4) is 0 Å². The highest BCUT2D eigenvalue weighted by Gasteiger charge is 2.25. The third-order valence-corrected chi connectivity index (χ3v) is 6.52. The van der Waals surface area contributed by atoms with E-state index in [4.69, 9.17) is 4.74 Å². The largest absolute Gasteiger partial charge is 0.457 e. The van der Waals surface area contributed by atoms with Gasteiger partial charge in [0.05, 0.1) is 10.5 Å². The maximum atomic E-state index is 13.6. The molecule has 3 rings (SSSR count). The molecule has 0 aromatic heterocycles. The first kappa shape index (κ1) is 19.5. The molecule has 144 valence electrons. The Kier molecular flexibility index (Phi) is 6.23. The van der Waals surface area contributed by atoms with Gasteiger partial charge in [0.25, 0.3) is 0 Å². The average Bonchev–Trinajstić information content (AvgIpc) is 2.97. The van der Waals surface area contributed by atoms with Crippen LogP contribution in [0.3, 0.4) is 0 Å². The lowest BCUT2D eigenvalue weighted by molar-refractivity contribution is 0.0469. The van der Waals surface area contributed by atoms with Crippen molar-refractivity contribution in [3.63, 3.8) is 0 Å². The van der Waals surface area contributed by atoms with Crippen LogP contribution >= 0.6 is 0 Å². The first-order valence-corrected chi connectivity index (χ1v) is 10.4. The minimum Gasteiger partial charge on any atom is -0.457 e. The van der Waals surface area contributed by atoms with Crippen LogP contribution in [0, 0.1) is 5.82 Å².